The summed E-state index contributed by atoms with van der Waals surface area (Å²) in [4.78, 5) is 4.55. The Balaban J connectivity index is 1.55. The van der Waals surface area contributed by atoms with E-state index in [0.717, 1.165) is 31.5 Å². The normalized spacial score (nSPS) is 20.4. The van der Waals surface area contributed by atoms with Crippen LogP contribution >= 0.6 is 0 Å². The van der Waals surface area contributed by atoms with Crippen molar-refractivity contribution in [3.8, 4) is 11.3 Å². The van der Waals surface area contributed by atoms with Gasteiger partial charge in [-0.05, 0) is 62.8 Å². The number of sulfonamides is 1. The topological polar surface area (TPSA) is 71.1 Å². The van der Waals surface area contributed by atoms with Gasteiger partial charge in [-0.3, -0.25) is 0 Å². The third-order valence-corrected chi connectivity index (χ3v) is 6.44. The van der Waals surface area contributed by atoms with Crippen LogP contribution in [0.1, 0.15) is 32.6 Å². The minimum Gasteiger partial charge on any atom is -0.367 e. The molecule has 0 atom stereocenters. The Labute approximate surface area is 160 Å². The van der Waals surface area contributed by atoms with Crippen LogP contribution in [0.15, 0.2) is 42.5 Å². The van der Waals surface area contributed by atoms with Crippen molar-refractivity contribution in [2.75, 3.05) is 17.6 Å². The second-order valence-corrected chi connectivity index (χ2v) is 9.10. The summed E-state index contributed by atoms with van der Waals surface area (Å²) in [6.07, 6.45) is 3.86. The summed E-state index contributed by atoms with van der Waals surface area (Å²) in [5.41, 5.74) is 1.11. The van der Waals surface area contributed by atoms with Gasteiger partial charge in [0.1, 0.15) is 11.6 Å². The summed E-state index contributed by atoms with van der Waals surface area (Å²) in [5.74, 6) is 0.957. The van der Waals surface area contributed by atoms with E-state index in [-0.39, 0.29) is 11.6 Å². The van der Waals surface area contributed by atoms with Gasteiger partial charge >= 0.3 is 0 Å². The highest BCUT2D eigenvalue weighted by atomic mass is 32.2. The maximum atomic E-state index is 14.0. The lowest BCUT2D eigenvalue weighted by Gasteiger charge is -2.29. The number of anilines is 1. The Kier molecular flexibility index (Phi) is 6.44. The number of halogens is 1. The molecule has 1 aromatic heterocycles. The quantitative estimate of drug-likeness (QED) is 0.753. The first-order valence-corrected chi connectivity index (χ1v) is 11.1. The van der Waals surface area contributed by atoms with Gasteiger partial charge in [0.25, 0.3) is 0 Å². The fraction of sp³-hybridized carbons (Fsp3) is 0.450. The van der Waals surface area contributed by atoms with Gasteiger partial charge in [-0.2, -0.15) is 0 Å². The van der Waals surface area contributed by atoms with E-state index in [9.17, 15) is 12.8 Å². The van der Waals surface area contributed by atoms with Gasteiger partial charge in [0.15, 0.2) is 0 Å². The molecule has 2 aromatic rings. The van der Waals surface area contributed by atoms with Gasteiger partial charge in [-0.15, -0.1) is 0 Å². The van der Waals surface area contributed by atoms with E-state index >= 15 is 0 Å². The van der Waals surface area contributed by atoms with Crippen LogP contribution in [0, 0.1) is 11.7 Å². The molecule has 0 bridgehead atoms. The number of benzene rings is 1. The Morgan fingerprint density at radius 2 is 1.81 bits per heavy atom. The molecule has 146 valence electrons. The number of pyridine rings is 1. The number of nitrogens with one attached hydrogen (secondary N) is 2. The summed E-state index contributed by atoms with van der Waals surface area (Å²) in [7, 11) is -3.12. The first-order valence-electron chi connectivity index (χ1n) is 9.42. The standard InChI is InChI=1S/C20H26FN3O2S/c1-2-27(25,26)22-14-15-10-12-16(13-11-15)23-20-9-5-8-19(24-20)17-6-3-4-7-18(17)21/h3-9,15-16,22H,2,10-14H2,1H3,(H,23,24). The fourth-order valence-electron chi connectivity index (χ4n) is 3.40. The number of rotatable bonds is 7. The largest absolute Gasteiger partial charge is 0.367 e. The molecule has 1 aliphatic carbocycles. The molecule has 1 aromatic carbocycles. The SMILES string of the molecule is CCS(=O)(=O)NCC1CCC(Nc2cccc(-c3ccccc3F)n2)CC1. The second-order valence-electron chi connectivity index (χ2n) is 7.00. The van der Waals surface area contributed by atoms with Crippen molar-refractivity contribution in [2.24, 2.45) is 5.92 Å². The average molecular weight is 392 g/mol. The summed E-state index contributed by atoms with van der Waals surface area (Å²) >= 11 is 0. The molecule has 0 spiro atoms. The molecule has 0 radical (unpaired) electrons. The minimum absolute atomic E-state index is 0.119. The zero-order valence-electron chi connectivity index (χ0n) is 15.5. The van der Waals surface area contributed by atoms with Crippen molar-refractivity contribution < 1.29 is 12.8 Å². The van der Waals surface area contributed by atoms with Gasteiger partial charge in [-0.25, -0.2) is 22.5 Å². The fourth-order valence-corrected chi connectivity index (χ4v) is 4.09. The van der Waals surface area contributed by atoms with Crippen molar-refractivity contribution >= 4 is 15.8 Å². The molecule has 5 nitrogen and oxygen atoms in total. The first-order chi connectivity index (χ1) is 13.0. The molecule has 3 rings (SSSR count). The zero-order chi connectivity index (χ0) is 19.3. The highest BCUT2D eigenvalue weighted by Gasteiger charge is 2.22. The van der Waals surface area contributed by atoms with Gasteiger partial charge < -0.3 is 5.32 Å². The third kappa shape index (κ3) is 5.49. The van der Waals surface area contributed by atoms with E-state index in [4.69, 9.17) is 0 Å². The van der Waals surface area contributed by atoms with Crippen molar-refractivity contribution in [3.63, 3.8) is 0 Å². The lowest BCUT2D eigenvalue weighted by Crippen LogP contribution is -2.34. The molecule has 0 unspecified atom stereocenters. The van der Waals surface area contributed by atoms with E-state index in [0.29, 0.717) is 29.8 Å². The smallest absolute Gasteiger partial charge is 0.211 e. The van der Waals surface area contributed by atoms with Crippen molar-refractivity contribution in [1.29, 1.82) is 0 Å². The zero-order valence-corrected chi connectivity index (χ0v) is 16.3. The molecule has 1 aliphatic rings. The first kappa shape index (κ1) is 19.8. The summed E-state index contributed by atoms with van der Waals surface area (Å²) in [5, 5.41) is 3.44. The molecule has 0 aliphatic heterocycles. The highest BCUT2D eigenvalue weighted by Crippen LogP contribution is 2.27. The molecular weight excluding hydrogens is 365 g/mol. The molecule has 27 heavy (non-hydrogen) atoms. The van der Waals surface area contributed by atoms with Gasteiger partial charge in [-0.1, -0.05) is 18.2 Å². The molecule has 1 saturated carbocycles. The van der Waals surface area contributed by atoms with Gasteiger partial charge in [0.2, 0.25) is 10.0 Å². The van der Waals surface area contributed by atoms with Crippen molar-refractivity contribution in [3.05, 3.63) is 48.3 Å². The predicted octanol–water partition coefficient (Wildman–Crippen LogP) is 3.80. The highest BCUT2D eigenvalue weighted by molar-refractivity contribution is 7.89. The number of hydrogen-bond donors (Lipinski definition) is 2. The van der Waals surface area contributed by atoms with Crippen molar-refractivity contribution in [2.45, 2.75) is 38.6 Å². The number of hydrogen-bond acceptors (Lipinski definition) is 4. The molecule has 0 saturated heterocycles. The Bertz CT molecular complexity index is 865. The van der Waals surface area contributed by atoms with Crippen LogP contribution in [0.4, 0.5) is 10.2 Å². The summed E-state index contributed by atoms with van der Waals surface area (Å²) in [6, 6.07) is 12.5. The Morgan fingerprint density at radius 3 is 2.52 bits per heavy atom. The van der Waals surface area contributed by atoms with E-state index in [1.807, 2.05) is 12.1 Å². The van der Waals surface area contributed by atoms with Gasteiger partial charge in [0.05, 0.1) is 11.4 Å². The van der Waals surface area contributed by atoms with Crippen LogP contribution in [0.5, 0.6) is 0 Å². The van der Waals surface area contributed by atoms with E-state index in [1.54, 1.807) is 31.2 Å². The van der Waals surface area contributed by atoms with E-state index < -0.39 is 10.0 Å². The Morgan fingerprint density at radius 1 is 1.07 bits per heavy atom. The number of aromatic nitrogens is 1. The monoisotopic (exact) mass is 391 g/mol. The van der Waals surface area contributed by atoms with Crippen LogP contribution in [0.2, 0.25) is 0 Å². The van der Waals surface area contributed by atoms with Crippen LogP contribution in [-0.2, 0) is 10.0 Å². The maximum absolute atomic E-state index is 14.0. The average Bonchev–Trinajstić information content (AvgIpc) is 2.68. The van der Waals surface area contributed by atoms with E-state index in [1.165, 1.54) is 6.07 Å². The molecule has 7 heteroatoms. The molecular formula is C20H26FN3O2S. The molecule has 2 N–H and O–H groups in total. The predicted molar refractivity (Wildman–Crippen MR) is 106 cm³/mol. The molecule has 1 heterocycles. The molecule has 1 fully saturated rings. The lowest BCUT2D eigenvalue weighted by molar-refractivity contribution is 0.337. The minimum atomic E-state index is -3.12. The van der Waals surface area contributed by atoms with Gasteiger partial charge in [0, 0.05) is 18.2 Å². The van der Waals surface area contributed by atoms with Crippen LogP contribution in [0.25, 0.3) is 11.3 Å². The summed E-state index contributed by atoms with van der Waals surface area (Å²) < 4.78 is 39.8. The third-order valence-electron chi connectivity index (χ3n) is 5.07. The van der Waals surface area contributed by atoms with Crippen LogP contribution in [0.3, 0.4) is 0 Å². The maximum Gasteiger partial charge on any atom is 0.211 e. The number of nitrogens with zero attached hydrogens (tertiary/aromatic N) is 1. The lowest BCUT2D eigenvalue weighted by atomic mass is 9.86. The van der Waals surface area contributed by atoms with E-state index in [2.05, 4.69) is 15.0 Å². The van der Waals surface area contributed by atoms with Crippen molar-refractivity contribution in [1.82, 2.24) is 9.71 Å². The molecule has 0 amide bonds. The Hall–Kier alpha value is -1.99. The van der Waals surface area contributed by atoms with Crippen LogP contribution in [-0.4, -0.2) is 31.7 Å². The van der Waals surface area contributed by atoms with Crippen LogP contribution < -0.4 is 10.0 Å². The second kappa shape index (κ2) is 8.80. The summed E-state index contributed by atoms with van der Waals surface area (Å²) in [6.45, 7) is 2.16.